The van der Waals surface area contributed by atoms with Crippen molar-refractivity contribution in [3.63, 3.8) is 0 Å². The van der Waals surface area contributed by atoms with E-state index in [-0.39, 0.29) is 17.9 Å². The summed E-state index contributed by atoms with van der Waals surface area (Å²) in [6.45, 7) is 9.07. The monoisotopic (exact) mass is 318 g/mol. The second-order valence-electron chi connectivity index (χ2n) is 6.16. The maximum absolute atomic E-state index is 12.3. The van der Waals surface area contributed by atoms with Crippen LogP contribution in [0.15, 0.2) is 27.5 Å². The van der Waals surface area contributed by atoms with E-state index in [1.165, 1.54) is 12.5 Å². The van der Waals surface area contributed by atoms with Crippen molar-refractivity contribution < 1.29 is 13.7 Å². The molecule has 0 saturated carbocycles. The molecule has 1 aliphatic heterocycles. The Hall–Kier alpha value is -2.15. The Morgan fingerprint density at radius 2 is 1.96 bits per heavy atom. The van der Waals surface area contributed by atoms with E-state index in [4.69, 9.17) is 8.94 Å². The van der Waals surface area contributed by atoms with E-state index >= 15 is 0 Å². The van der Waals surface area contributed by atoms with Gasteiger partial charge in [-0.05, 0) is 13.0 Å². The average molecular weight is 318 g/mol. The van der Waals surface area contributed by atoms with E-state index in [2.05, 4.69) is 22.0 Å². The van der Waals surface area contributed by atoms with Crippen LogP contribution >= 0.6 is 0 Å². The number of hydrogen-bond donors (Lipinski definition) is 0. The largest absolute Gasteiger partial charge is 0.472 e. The van der Waals surface area contributed by atoms with E-state index in [0.29, 0.717) is 24.5 Å². The molecule has 0 spiro atoms. The molecule has 1 aliphatic rings. The van der Waals surface area contributed by atoms with Crippen molar-refractivity contribution in [3.05, 3.63) is 35.9 Å². The molecular weight excluding hydrogens is 296 g/mol. The van der Waals surface area contributed by atoms with Gasteiger partial charge in [-0.3, -0.25) is 9.69 Å². The second kappa shape index (κ2) is 6.54. The highest BCUT2D eigenvalue weighted by Gasteiger charge is 2.28. The summed E-state index contributed by atoms with van der Waals surface area (Å²) < 4.78 is 10.4. The minimum absolute atomic E-state index is 0.0194. The zero-order chi connectivity index (χ0) is 16.4. The molecule has 3 heterocycles. The first-order chi connectivity index (χ1) is 11.1. The zero-order valence-corrected chi connectivity index (χ0v) is 13.7. The second-order valence-corrected chi connectivity index (χ2v) is 6.16. The van der Waals surface area contributed by atoms with Crippen molar-refractivity contribution >= 4 is 5.91 Å². The molecule has 2 aromatic heterocycles. The number of piperazine rings is 1. The number of amides is 1. The molecule has 2 aromatic rings. The predicted molar refractivity (Wildman–Crippen MR) is 83.0 cm³/mol. The van der Waals surface area contributed by atoms with E-state index in [0.717, 1.165) is 18.9 Å². The minimum atomic E-state index is 0.0194. The van der Waals surface area contributed by atoms with E-state index in [9.17, 15) is 4.79 Å². The van der Waals surface area contributed by atoms with Crippen molar-refractivity contribution in [1.82, 2.24) is 19.9 Å². The SMILES string of the molecule is CC(C)c1noc(C(C)N2CCN(C(=O)c3ccoc3)CC2)n1. The molecule has 0 aliphatic carbocycles. The molecule has 0 aromatic carbocycles. The minimum Gasteiger partial charge on any atom is -0.472 e. The van der Waals surface area contributed by atoms with Crippen LogP contribution in [0.3, 0.4) is 0 Å². The van der Waals surface area contributed by atoms with Crippen LogP contribution < -0.4 is 0 Å². The van der Waals surface area contributed by atoms with Gasteiger partial charge in [-0.25, -0.2) is 0 Å². The summed E-state index contributed by atoms with van der Waals surface area (Å²) in [5.41, 5.74) is 0.602. The van der Waals surface area contributed by atoms with E-state index in [1.807, 2.05) is 18.7 Å². The van der Waals surface area contributed by atoms with Gasteiger partial charge in [0.05, 0.1) is 17.9 Å². The third-order valence-corrected chi connectivity index (χ3v) is 4.25. The number of carbonyl (C=O) groups is 1. The van der Waals surface area contributed by atoms with Crippen LogP contribution in [-0.4, -0.2) is 52.0 Å². The first-order valence-corrected chi connectivity index (χ1v) is 7.95. The molecule has 7 nitrogen and oxygen atoms in total. The summed E-state index contributed by atoms with van der Waals surface area (Å²) in [7, 11) is 0. The highest BCUT2D eigenvalue weighted by molar-refractivity contribution is 5.93. The maximum Gasteiger partial charge on any atom is 0.257 e. The molecule has 0 bridgehead atoms. The Balaban J connectivity index is 1.58. The van der Waals surface area contributed by atoms with Gasteiger partial charge in [0.25, 0.3) is 5.91 Å². The Bertz CT molecular complexity index is 642. The normalized spacial score (nSPS) is 17.7. The number of furan rings is 1. The molecule has 1 amide bonds. The Kier molecular flexibility index (Phi) is 4.47. The van der Waals surface area contributed by atoms with Crippen LogP contribution in [0, 0.1) is 0 Å². The standard InChI is InChI=1S/C16H22N4O3/c1-11(2)14-17-15(23-18-14)12(3)19-5-7-20(8-6-19)16(21)13-4-9-22-10-13/h4,9-12H,5-8H2,1-3H3. The maximum atomic E-state index is 12.3. The third-order valence-electron chi connectivity index (χ3n) is 4.25. The van der Waals surface area contributed by atoms with Crippen LogP contribution in [0.5, 0.6) is 0 Å². The summed E-state index contributed by atoms with van der Waals surface area (Å²) in [6.07, 6.45) is 3.01. The van der Waals surface area contributed by atoms with Gasteiger partial charge >= 0.3 is 0 Å². The zero-order valence-electron chi connectivity index (χ0n) is 13.7. The average Bonchev–Trinajstić information content (AvgIpc) is 3.25. The molecule has 1 fully saturated rings. The van der Waals surface area contributed by atoms with Crippen molar-refractivity contribution in [1.29, 1.82) is 0 Å². The lowest BCUT2D eigenvalue weighted by Crippen LogP contribution is -2.49. The number of carbonyl (C=O) groups excluding carboxylic acids is 1. The van der Waals surface area contributed by atoms with Gasteiger partial charge in [-0.1, -0.05) is 19.0 Å². The van der Waals surface area contributed by atoms with Gasteiger partial charge in [0, 0.05) is 32.1 Å². The van der Waals surface area contributed by atoms with Crippen LogP contribution in [-0.2, 0) is 0 Å². The summed E-state index contributed by atoms with van der Waals surface area (Å²) in [5.74, 6) is 1.65. The fourth-order valence-electron chi connectivity index (χ4n) is 2.69. The van der Waals surface area contributed by atoms with Gasteiger partial charge in [0.2, 0.25) is 5.89 Å². The molecular formula is C16H22N4O3. The molecule has 3 rings (SSSR count). The predicted octanol–water partition coefficient (Wildman–Crippen LogP) is 2.31. The van der Waals surface area contributed by atoms with Crippen molar-refractivity contribution in [2.45, 2.75) is 32.7 Å². The first-order valence-electron chi connectivity index (χ1n) is 7.95. The lowest BCUT2D eigenvalue weighted by molar-refractivity contribution is 0.0551. The van der Waals surface area contributed by atoms with Crippen LogP contribution in [0.1, 0.15) is 54.8 Å². The summed E-state index contributed by atoms with van der Waals surface area (Å²) in [6, 6.07) is 1.75. The smallest absolute Gasteiger partial charge is 0.257 e. The molecule has 0 radical (unpaired) electrons. The van der Waals surface area contributed by atoms with Crippen molar-refractivity contribution in [2.24, 2.45) is 0 Å². The van der Waals surface area contributed by atoms with E-state index < -0.39 is 0 Å². The van der Waals surface area contributed by atoms with Crippen molar-refractivity contribution in [2.75, 3.05) is 26.2 Å². The molecule has 0 N–H and O–H groups in total. The summed E-state index contributed by atoms with van der Waals surface area (Å²) in [4.78, 5) is 20.9. The molecule has 1 unspecified atom stereocenters. The Labute approximate surface area is 135 Å². The van der Waals surface area contributed by atoms with Crippen LogP contribution in [0.4, 0.5) is 0 Å². The lowest BCUT2D eigenvalue weighted by Gasteiger charge is -2.36. The van der Waals surface area contributed by atoms with Crippen molar-refractivity contribution in [3.8, 4) is 0 Å². The molecule has 7 heteroatoms. The van der Waals surface area contributed by atoms with Crippen LogP contribution in [0.25, 0.3) is 0 Å². The Morgan fingerprint density at radius 3 is 2.52 bits per heavy atom. The molecule has 23 heavy (non-hydrogen) atoms. The van der Waals surface area contributed by atoms with Gasteiger partial charge in [0.15, 0.2) is 5.82 Å². The van der Waals surface area contributed by atoms with Gasteiger partial charge in [-0.15, -0.1) is 0 Å². The Morgan fingerprint density at radius 1 is 1.22 bits per heavy atom. The first kappa shape index (κ1) is 15.7. The highest BCUT2D eigenvalue weighted by Crippen LogP contribution is 2.22. The van der Waals surface area contributed by atoms with Gasteiger partial charge in [-0.2, -0.15) is 4.98 Å². The number of nitrogens with zero attached hydrogens (tertiary/aromatic N) is 4. The summed E-state index contributed by atoms with van der Waals surface area (Å²) in [5, 5.41) is 4.02. The summed E-state index contributed by atoms with van der Waals surface area (Å²) >= 11 is 0. The molecule has 124 valence electrons. The van der Waals surface area contributed by atoms with Gasteiger partial charge in [0.1, 0.15) is 6.26 Å². The number of rotatable bonds is 4. The third kappa shape index (κ3) is 3.29. The quantitative estimate of drug-likeness (QED) is 0.861. The fraction of sp³-hybridized carbons (Fsp3) is 0.562. The molecule has 1 saturated heterocycles. The molecule has 1 atom stereocenters. The lowest BCUT2D eigenvalue weighted by atomic mass is 10.2. The highest BCUT2D eigenvalue weighted by atomic mass is 16.5. The van der Waals surface area contributed by atoms with Crippen LogP contribution in [0.2, 0.25) is 0 Å². The van der Waals surface area contributed by atoms with E-state index in [1.54, 1.807) is 6.07 Å². The number of aromatic nitrogens is 2. The van der Waals surface area contributed by atoms with Gasteiger partial charge < -0.3 is 13.8 Å². The topological polar surface area (TPSA) is 75.6 Å². The number of hydrogen-bond acceptors (Lipinski definition) is 6. The fourth-order valence-corrected chi connectivity index (χ4v) is 2.69.